The van der Waals surface area contributed by atoms with Crippen molar-refractivity contribution in [2.45, 2.75) is 12.5 Å². The van der Waals surface area contributed by atoms with Crippen molar-refractivity contribution in [3.63, 3.8) is 0 Å². The van der Waals surface area contributed by atoms with Crippen molar-refractivity contribution in [3.8, 4) is 0 Å². The molecular formula is C18H22N4O3S. The standard InChI is InChI=1S/C18H22N4O3S/c1-22(2)16-6-4-14(5-7-16)21-18(23)13-3-8-17(19-11-13)20-15-9-10-26(24,25)12-15/h3-8,11,15H,9-10,12H2,1-2H3,(H,19,20)(H,21,23). The molecule has 0 aliphatic carbocycles. The molecule has 1 fully saturated rings. The first-order valence-corrected chi connectivity index (χ1v) is 10.2. The Morgan fingerprint density at radius 3 is 2.42 bits per heavy atom. The lowest BCUT2D eigenvalue weighted by molar-refractivity contribution is 0.102. The maximum absolute atomic E-state index is 12.3. The van der Waals surface area contributed by atoms with E-state index in [1.165, 1.54) is 6.20 Å². The fourth-order valence-corrected chi connectivity index (χ4v) is 4.45. The first-order chi connectivity index (χ1) is 12.3. The molecule has 0 bridgehead atoms. The number of hydrogen-bond donors (Lipinski definition) is 2. The highest BCUT2D eigenvalue weighted by molar-refractivity contribution is 7.91. The number of nitrogens with one attached hydrogen (secondary N) is 2. The van der Waals surface area contributed by atoms with Crippen molar-refractivity contribution in [2.24, 2.45) is 0 Å². The summed E-state index contributed by atoms with van der Waals surface area (Å²) in [6, 6.07) is 10.8. The van der Waals surface area contributed by atoms with Gasteiger partial charge in [0.2, 0.25) is 0 Å². The Bertz CT molecular complexity index is 878. The first kappa shape index (κ1) is 18.2. The highest BCUT2D eigenvalue weighted by Crippen LogP contribution is 2.18. The Morgan fingerprint density at radius 1 is 1.15 bits per heavy atom. The number of nitrogens with zero attached hydrogens (tertiary/aromatic N) is 2. The van der Waals surface area contributed by atoms with Gasteiger partial charge in [0.1, 0.15) is 5.82 Å². The van der Waals surface area contributed by atoms with Gasteiger partial charge in [0.05, 0.1) is 17.1 Å². The van der Waals surface area contributed by atoms with Crippen molar-refractivity contribution in [3.05, 3.63) is 48.2 Å². The van der Waals surface area contributed by atoms with Crippen molar-refractivity contribution in [2.75, 3.05) is 41.1 Å². The number of pyridine rings is 1. The van der Waals surface area contributed by atoms with Crippen LogP contribution in [0.4, 0.5) is 17.2 Å². The molecule has 0 radical (unpaired) electrons. The monoisotopic (exact) mass is 374 g/mol. The average Bonchev–Trinajstić information content (AvgIpc) is 2.94. The summed E-state index contributed by atoms with van der Waals surface area (Å²) in [5.41, 5.74) is 2.19. The van der Waals surface area contributed by atoms with E-state index in [2.05, 4.69) is 15.6 Å². The second-order valence-electron chi connectivity index (χ2n) is 6.57. The number of hydrogen-bond acceptors (Lipinski definition) is 6. The van der Waals surface area contributed by atoms with Crippen LogP contribution in [-0.2, 0) is 9.84 Å². The van der Waals surface area contributed by atoms with Gasteiger partial charge in [0.25, 0.3) is 5.91 Å². The van der Waals surface area contributed by atoms with E-state index in [1.807, 2.05) is 43.3 Å². The predicted molar refractivity (Wildman–Crippen MR) is 104 cm³/mol. The third kappa shape index (κ3) is 4.51. The minimum absolute atomic E-state index is 0.123. The minimum atomic E-state index is -2.94. The molecule has 26 heavy (non-hydrogen) atoms. The number of sulfone groups is 1. The number of aromatic nitrogens is 1. The lowest BCUT2D eigenvalue weighted by Gasteiger charge is -2.13. The smallest absolute Gasteiger partial charge is 0.257 e. The Hall–Kier alpha value is -2.61. The van der Waals surface area contributed by atoms with Crippen LogP contribution < -0.4 is 15.5 Å². The third-order valence-corrected chi connectivity index (χ3v) is 6.02. The molecule has 0 spiro atoms. The zero-order valence-electron chi connectivity index (χ0n) is 14.8. The van der Waals surface area contributed by atoms with Crippen LogP contribution in [0.1, 0.15) is 16.8 Å². The Morgan fingerprint density at radius 2 is 1.88 bits per heavy atom. The van der Waals surface area contributed by atoms with Crippen LogP contribution in [0, 0.1) is 0 Å². The molecule has 1 atom stereocenters. The van der Waals surface area contributed by atoms with Crippen LogP contribution >= 0.6 is 0 Å². The molecule has 1 aromatic carbocycles. The van der Waals surface area contributed by atoms with Gasteiger partial charge in [-0.15, -0.1) is 0 Å². The summed E-state index contributed by atoms with van der Waals surface area (Å²) >= 11 is 0. The van der Waals surface area contributed by atoms with Crippen LogP contribution in [0.3, 0.4) is 0 Å². The molecule has 2 N–H and O–H groups in total. The van der Waals surface area contributed by atoms with E-state index in [-0.39, 0.29) is 23.5 Å². The van der Waals surface area contributed by atoms with Crippen LogP contribution in [0.5, 0.6) is 0 Å². The van der Waals surface area contributed by atoms with Gasteiger partial charge in [0.15, 0.2) is 9.84 Å². The van der Waals surface area contributed by atoms with Crippen LogP contribution in [0.2, 0.25) is 0 Å². The molecule has 1 amide bonds. The fraction of sp³-hybridized carbons (Fsp3) is 0.333. The van der Waals surface area contributed by atoms with Gasteiger partial charge >= 0.3 is 0 Å². The Labute approximate surface area is 153 Å². The van der Waals surface area contributed by atoms with Gasteiger partial charge in [0, 0.05) is 37.7 Å². The molecule has 8 heteroatoms. The van der Waals surface area contributed by atoms with Crippen LogP contribution in [0.15, 0.2) is 42.6 Å². The van der Waals surface area contributed by atoms with Crippen LogP contribution in [0.25, 0.3) is 0 Å². The predicted octanol–water partition coefficient (Wildman–Crippen LogP) is 2.00. The van der Waals surface area contributed by atoms with E-state index < -0.39 is 9.84 Å². The number of carbonyl (C=O) groups excluding carboxylic acids is 1. The maximum atomic E-state index is 12.3. The number of benzene rings is 1. The summed E-state index contributed by atoms with van der Waals surface area (Å²) in [6.07, 6.45) is 2.06. The first-order valence-electron chi connectivity index (χ1n) is 8.34. The normalized spacial score (nSPS) is 18.3. The summed E-state index contributed by atoms with van der Waals surface area (Å²) in [4.78, 5) is 18.5. The largest absolute Gasteiger partial charge is 0.378 e. The van der Waals surface area contributed by atoms with Crippen molar-refractivity contribution >= 4 is 32.9 Å². The molecule has 2 heterocycles. The van der Waals surface area contributed by atoms with Gasteiger partial charge in [-0.1, -0.05) is 0 Å². The zero-order valence-corrected chi connectivity index (χ0v) is 15.6. The molecule has 2 aromatic rings. The van der Waals surface area contributed by atoms with Crippen molar-refractivity contribution in [1.29, 1.82) is 0 Å². The summed E-state index contributed by atoms with van der Waals surface area (Å²) in [5.74, 6) is 0.654. The highest BCUT2D eigenvalue weighted by Gasteiger charge is 2.27. The molecule has 1 aromatic heterocycles. The van der Waals surface area contributed by atoms with Gasteiger partial charge in [-0.2, -0.15) is 0 Å². The molecule has 1 saturated heterocycles. The van der Waals surface area contributed by atoms with Gasteiger partial charge in [-0.25, -0.2) is 13.4 Å². The van der Waals surface area contributed by atoms with Crippen LogP contribution in [-0.4, -0.2) is 51.0 Å². The van der Waals surface area contributed by atoms with E-state index >= 15 is 0 Å². The van der Waals surface area contributed by atoms with Crippen molar-refractivity contribution < 1.29 is 13.2 Å². The number of carbonyl (C=O) groups is 1. The lowest BCUT2D eigenvalue weighted by atomic mass is 10.2. The topological polar surface area (TPSA) is 91.4 Å². The molecule has 1 unspecified atom stereocenters. The summed E-state index contributed by atoms with van der Waals surface area (Å²) < 4.78 is 23.0. The van der Waals surface area contributed by atoms with Gasteiger partial charge < -0.3 is 15.5 Å². The number of rotatable bonds is 5. The van der Waals surface area contributed by atoms with E-state index in [9.17, 15) is 13.2 Å². The second kappa shape index (κ2) is 7.33. The second-order valence-corrected chi connectivity index (χ2v) is 8.80. The van der Waals surface area contributed by atoms with Crippen molar-refractivity contribution in [1.82, 2.24) is 4.98 Å². The summed E-state index contributed by atoms with van der Waals surface area (Å²) in [5, 5.41) is 5.93. The molecule has 1 aliphatic heterocycles. The molecule has 1 aliphatic rings. The maximum Gasteiger partial charge on any atom is 0.257 e. The highest BCUT2D eigenvalue weighted by atomic mass is 32.2. The molecule has 7 nitrogen and oxygen atoms in total. The lowest BCUT2D eigenvalue weighted by Crippen LogP contribution is -2.21. The average molecular weight is 374 g/mol. The Kier molecular flexibility index (Phi) is 5.13. The fourth-order valence-electron chi connectivity index (χ4n) is 2.78. The van der Waals surface area contributed by atoms with E-state index in [4.69, 9.17) is 0 Å². The quantitative estimate of drug-likeness (QED) is 0.832. The molecular weight excluding hydrogens is 352 g/mol. The summed E-state index contributed by atoms with van der Waals surface area (Å²) in [6.45, 7) is 0. The van der Waals surface area contributed by atoms with E-state index in [1.54, 1.807) is 12.1 Å². The van der Waals surface area contributed by atoms with Gasteiger partial charge in [-0.3, -0.25) is 4.79 Å². The Balaban J connectivity index is 1.60. The van der Waals surface area contributed by atoms with E-state index in [0.717, 1.165) is 5.69 Å². The SMILES string of the molecule is CN(C)c1ccc(NC(=O)c2ccc(NC3CCS(=O)(=O)C3)nc2)cc1. The molecule has 0 saturated carbocycles. The van der Waals surface area contributed by atoms with Gasteiger partial charge in [-0.05, 0) is 42.8 Å². The molecule has 138 valence electrons. The number of amides is 1. The minimum Gasteiger partial charge on any atom is -0.378 e. The number of anilines is 3. The molecule has 3 rings (SSSR count). The summed E-state index contributed by atoms with van der Waals surface area (Å²) in [7, 11) is 0.971. The zero-order chi connectivity index (χ0) is 18.7. The van der Waals surface area contributed by atoms with E-state index in [0.29, 0.717) is 23.5 Å². The third-order valence-electron chi connectivity index (χ3n) is 4.25.